The molecule has 84 valence electrons. The van der Waals surface area contributed by atoms with E-state index in [-0.39, 0.29) is 0 Å². The summed E-state index contributed by atoms with van der Waals surface area (Å²) in [5, 5.41) is 6.24. The van der Waals surface area contributed by atoms with Gasteiger partial charge in [0.05, 0.1) is 6.54 Å². The smallest absolute Gasteiger partial charge is 0.191 e. The van der Waals surface area contributed by atoms with E-state index in [0.717, 1.165) is 25.1 Å². The van der Waals surface area contributed by atoms with Crippen molar-refractivity contribution >= 4 is 5.96 Å². The van der Waals surface area contributed by atoms with E-state index in [9.17, 15) is 0 Å². The lowest BCUT2D eigenvalue weighted by Crippen LogP contribution is -2.41. The monoisotopic (exact) mass is 208 g/mol. The van der Waals surface area contributed by atoms with E-state index < -0.39 is 0 Å². The SMILES string of the molecule is C#CCNC(=NC)NCCN(C)C1CC1. The molecule has 2 N–H and O–H groups in total. The minimum atomic E-state index is 0.512. The Kier molecular flexibility index (Phi) is 4.99. The van der Waals surface area contributed by atoms with Crippen LogP contribution in [0.1, 0.15) is 12.8 Å². The van der Waals surface area contributed by atoms with Crippen LogP contribution in [0.15, 0.2) is 4.99 Å². The summed E-state index contributed by atoms with van der Waals surface area (Å²) < 4.78 is 0. The largest absolute Gasteiger partial charge is 0.355 e. The lowest BCUT2D eigenvalue weighted by molar-refractivity contribution is 0.328. The number of likely N-dealkylation sites (N-methyl/N-ethyl adjacent to an activating group) is 1. The number of nitrogens with one attached hydrogen (secondary N) is 2. The van der Waals surface area contributed by atoms with Crippen molar-refractivity contribution in [1.82, 2.24) is 15.5 Å². The Bertz CT molecular complexity index is 250. The first-order chi connectivity index (χ1) is 7.27. The highest BCUT2D eigenvalue weighted by molar-refractivity contribution is 5.79. The number of guanidine groups is 1. The molecule has 0 spiro atoms. The molecule has 0 radical (unpaired) electrons. The molecule has 1 fully saturated rings. The maximum atomic E-state index is 5.15. The molecule has 0 heterocycles. The Labute approximate surface area is 92.1 Å². The summed E-state index contributed by atoms with van der Waals surface area (Å²) >= 11 is 0. The minimum absolute atomic E-state index is 0.512. The second-order valence-corrected chi connectivity index (χ2v) is 3.77. The van der Waals surface area contributed by atoms with Crippen LogP contribution in [-0.4, -0.2) is 50.6 Å². The highest BCUT2D eigenvalue weighted by atomic mass is 15.2. The highest BCUT2D eigenvalue weighted by Crippen LogP contribution is 2.24. The van der Waals surface area contributed by atoms with Gasteiger partial charge in [-0.2, -0.15) is 0 Å². The molecule has 0 amide bonds. The molecule has 0 unspecified atom stereocenters. The summed E-state index contributed by atoms with van der Waals surface area (Å²) in [6.45, 7) is 2.46. The van der Waals surface area contributed by atoms with Crippen LogP contribution in [0.3, 0.4) is 0 Å². The van der Waals surface area contributed by atoms with Crippen LogP contribution < -0.4 is 10.6 Å². The van der Waals surface area contributed by atoms with Crippen LogP contribution in [-0.2, 0) is 0 Å². The van der Waals surface area contributed by atoms with E-state index in [2.05, 4.69) is 33.5 Å². The van der Waals surface area contributed by atoms with Gasteiger partial charge in [0, 0.05) is 26.2 Å². The zero-order valence-corrected chi connectivity index (χ0v) is 9.58. The summed E-state index contributed by atoms with van der Waals surface area (Å²) in [6, 6.07) is 0.812. The van der Waals surface area contributed by atoms with Crippen molar-refractivity contribution < 1.29 is 0 Å². The number of rotatable bonds is 5. The molecule has 0 aliphatic heterocycles. The van der Waals surface area contributed by atoms with Crippen molar-refractivity contribution in [1.29, 1.82) is 0 Å². The molecule has 0 aromatic heterocycles. The summed E-state index contributed by atoms with van der Waals surface area (Å²) in [5.41, 5.74) is 0. The first-order valence-corrected chi connectivity index (χ1v) is 5.36. The van der Waals surface area contributed by atoms with Gasteiger partial charge in [-0.15, -0.1) is 6.42 Å². The van der Waals surface area contributed by atoms with Gasteiger partial charge in [-0.05, 0) is 19.9 Å². The average molecular weight is 208 g/mol. The standard InChI is InChI=1S/C11H20N4/c1-4-7-13-11(12-2)14-8-9-15(3)10-5-6-10/h1,10H,5-9H2,2-3H3,(H2,12,13,14). The Morgan fingerprint density at radius 3 is 2.80 bits per heavy atom. The summed E-state index contributed by atoms with van der Waals surface area (Å²) in [5.74, 6) is 3.29. The first kappa shape index (κ1) is 11.9. The number of terminal acetylenes is 1. The molecule has 1 aliphatic rings. The first-order valence-electron chi connectivity index (χ1n) is 5.36. The molecule has 4 heteroatoms. The normalized spacial score (nSPS) is 16.3. The van der Waals surface area contributed by atoms with Gasteiger partial charge in [-0.25, -0.2) is 0 Å². The maximum absolute atomic E-state index is 5.15. The van der Waals surface area contributed by atoms with E-state index in [1.807, 2.05) is 0 Å². The average Bonchev–Trinajstić information content (AvgIpc) is 3.06. The Balaban J connectivity index is 2.08. The van der Waals surface area contributed by atoms with Crippen molar-refractivity contribution in [2.45, 2.75) is 18.9 Å². The van der Waals surface area contributed by atoms with Crippen LogP contribution in [0.2, 0.25) is 0 Å². The Hall–Kier alpha value is -1.21. The van der Waals surface area contributed by atoms with Gasteiger partial charge in [0.2, 0.25) is 0 Å². The number of nitrogens with zero attached hydrogens (tertiary/aromatic N) is 2. The molecule has 0 aromatic carbocycles. The Morgan fingerprint density at radius 1 is 1.53 bits per heavy atom. The van der Waals surface area contributed by atoms with E-state index in [0.29, 0.717) is 6.54 Å². The van der Waals surface area contributed by atoms with Crippen LogP contribution in [0.5, 0.6) is 0 Å². The summed E-state index contributed by atoms with van der Waals surface area (Å²) in [7, 11) is 3.91. The van der Waals surface area contributed by atoms with Crippen molar-refractivity contribution in [3.05, 3.63) is 0 Å². The molecule has 4 nitrogen and oxygen atoms in total. The van der Waals surface area contributed by atoms with E-state index >= 15 is 0 Å². The molecule has 0 saturated heterocycles. The van der Waals surface area contributed by atoms with Gasteiger partial charge in [-0.3, -0.25) is 4.99 Å². The van der Waals surface area contributed by atoms with E-state index in [1.54, 1.807) is 7.05 Å². The van der Waals surface area contributed by atoms with Gasteiger partial charge in [0.25, 0.3) is 0 Å². The third kappa shape index (κ3) is 4.71. The quantitative estimate of drug-likeness (QED) is 0.376. The molecule has 15 heavy (non-hydrogen) atoms. The van der Waals surface area contributed by atoms with Crippen molar-refractivity contribution in [2.24, 2.45) is 4.99 Å². The third-order valence-electron chi connectivity index (χ3n) is 2.51. The minimum Gasteiger partial charge on any atom is -0.355 e. The predicted octanol–water partition coefficient (Wildman–Crippen LogP) is -0.121. The van der Waals surface area contributed by atoms with Gasteiger partial charge < -0.3 is 15.5 Å². The fraction of sp³-hybridized carbons (Fsp3) is 0.727. The number of aliphatic imine (C=N–C) groups is 1. The molecule has 0 aromatic rings. The lowest BCUT2D eigenvalue weighted by Gasteiger charge is -2.17. The molecule has 1 aliphatic carbocycles. The second-order valence-electron chi connectivity index (χ2n) is 3.77. The molecule has 0 bridgehead atoms. The second kappa shape index (κ2) is 6.31. The molecule has 1 rings (SSSR count). The topological polar surface area (TPSA) is 39.7 Å². The van der Waals surface area contributed by atoms with Crippen LogP contribution in [0, 0.1) is 12.3 Å². The third-order valence-corrected chi connectivity index (χ3v) is 2.51. The summed E-state index contributed by atoms with van der Waals surface area (Å²) in [4.78, 5) is 6.44. The predicted molar refractivity (Wildman–Crippen MR) is 63.8 cm³/mol. The van der Waals surface area contributed by atoms with Gasteiger partial charge in [0.1, 0.15) is 0 Å². The molecule has 1 saturated carbocycles. The Morgan fingerprint density at radius 2 is 2.27 bits per heavy atom. The number of hydrogen-bond acceptors (Lipinski definition) is 2. The van der Waals surface area contributed by atoms with Crippen molar-refractivity contribution in [3.63, 3.8) is 0 Å². The number of hydrogen-bond donors (Lipinski definition) is 2. The molecule has 0 atom stereocenters. The van der Waals surface area contributed by atoms with E-state index in [1.165, 1.54) is 12.8 Å². The molecular formula is C11H20N4. The van der Waals surface area contributed by atoms with Crippen LogP contribution >= 0.6 is 0 Å². The van der Waals surface area contributed by atoms with Crippen molar-refractivity contribution in [3.8, 4) is 12.3 Å². The fourth-order valence-electron chi connectivity index (χ4n) is 1.40. The zero-order chi connectivity index (χ0) is 11.1. The van der Waals surface area contributed by atoms with Crippen molar-refractivity contribution in [2.75, 3.05) is 33.7 Å². The zero-order valence-electron chi connectivity index (χ0n) is 9.58. The molecular weight excluding hydrogens is 188 g/mol. The van der Waals surface area contributed by atoms with Gasteiger partial charge in [-0.1, -0.05) is 5.92 Å². The summed E-state index contributed by atoms with van der Waals surface area (Å²) in [6.07, 6.45) is 7.85. The van der Waals surface area contributed by atoms with Gasteiger partial charge >= 0.3 is 0 Å². The highest BCUT2D eigenvalue weighted by Gasteiger charge is 2.25. The van der Waals surface area contributed by atoms with E-state index in [4.69, 9.17) is 6.42 Å². The lowest BCUT2D eigenvalue weighted by atomic mass is 10.5. The maximum Gasteiger partial charge on any atom is 0.191 e. The van der Waals surface area contributed by atoms with Gasteiger partial charge in [0.15, 0.2) is 5.96 Å². The fourth-order valence-corrected chi connectivity index (χ4v) is 1.40. The van der Waals surface area contributed by atoms with Crippen LogP contribution in [0.4, 0.5) is 0 Å². The van der Waals surface area contributed by atoms with Crippen LogP contribution in [0.25, 0.3) is 0 Å².